The van der Waals surface area contributed by atoms with Crippen LogP contribution in [-0.4, -0.2) is 34.5 Å². The summed E-state index contributed by atoms with van der Waals surface area (Å²) < 4.78 is 5.20. The fraction of sp³-hybridized carbons (Fsp3) is 0.286. The fourth-order valence-electron chi connectivity index (χ4n) is 2.78. The van der Waals surface area contributed by atoms with Crippen LogP contribution in [-0.2, 0) is 11.3 Å². The highest BCUT2D eigenvalue weighted by Crippen LogP contribution is 2.32. The molecule has 0 radical (unpaired) electrons. The summed E-state index contributed by atoms with van der Waals surface area (Å²) in [4.78, 5) is 14.6. The molecule has 5 nitrogen and oxygen atoms in total. The van der Waals surface area contributed by atoms with Gasteiger partial charge < -0.3 is 4.74 Å². The van der Waals surface area contributed by atoms with E-state index in [4.69, 9.17) is 16.3 Å². The first-order valence-corrected chi connectivity index (χ1v) is 10.3. The normalized spacial score (nSPS) is 18.4. The molecule has 1 atom stereocenters. The summed E-state index contributed by atoms with van der Waals surface area (Å²) in [6.07, 6.45) is 3.43. The SMILES string of the molecule is CCC[C@@H]1S/C(=N/N=C\c2ccc(Cl)cc2)N(Cc2ccc(OC)cc2)C1=O. The van der Waals surface area contributed by atoms with Crippen molar-refractivity contribution in [2.45, 2.75) is 31.6 Å². The Kier molecular flexibility index (Phi) is 7.12. The second-order valence-electron chi connectivity index (χ2n) is 6.35. The van der Waals surface area contributed by atoms with E-state index in [0.717, 1.165) is 29.7 Å². The maximum Gasteiger partial charge on any atom is 0.242 e. The molecule has 0 unspecified atom stereocenters. The van der Waals surface area contributed by atoms with Crippen LogP contribution in [0.5, 0.6) is 5.75 Å². The molecule has 0 N–H and O–H groups in total. The van der Waals surface area contributed by atoms with Crippen molar-refractivity contribution >= 4 is 40.7 Å². The Morgan fingerprint density at radius 3 is 2.54 bits per heavy atom. The van der Waals surface area contributed by atoms with Gasteiger partial charge in [-0.05, 0) is 41.8 Å². The van der Waals surface area contributed by atoms with Gasteiger partial charge in [-0.15, -0.1) is 5.10 Å². The molecule has 1 aliphatic rings. The molecule has 1 aliphatic heterocycles. The molecule has 28 heavy (non-hydrogen) atoms. The number of amides is 1. The number of carbonyl (C=O) groups is 1. The van der Waals surface area contributed by atoms with Gasteiger partial charge in [0.05, 0.1) is 25.1 Å². The molecule has 1 saturated heterocycles. The van der Waals surface area contributed by atoms with E-state index in [-0.39, 0.29) is 11.2 Å². The fourth-order valence-corrected chi connectivity index (χ4v) is 4.12. The number of hydrogen-bond acceptors (Lipinski definition) is 5. The summed E-state index contributed by atoms with van der Waals surface area (Å²) in [5.41, 5.74) is 1.91. The molecule has 146 valence electrons. The Morgan fingerprint density at radius 1 is 1.18 bits per heavy atom. The van der Waals surface area contributed by atoms with E-state index in [1.54, 1.807) is 30.4 Å². The van der Waals surface area contributed by atoms with Gasteiger partial charge in [-0.1, -0.05) is 61.0 Å². The Balaban J connectivity index is 1.78. The van der Waals surface area contributed by atoms with Gasteiger partial charge >= 0.3 is 0 Å². The van der Waals surface area contributed by atoms with Gasteiger partial charge in [-0.3, -0.25) is 9.69 Å². The van der Waals surface area contributed by atoms with Crippen molar-refractivity contribution in [1.29, 1.82) is 0 Å². The molecule has 0 saturated carbocycles. The van der Waals surface area contributed by atoms with Gasteiger partial charge in [-0.2, -0.15) is 5.10 Å². The predicted molar refractivity (Wildman–Crippen MR) is 116 cm³/mol. The van der Waals surface area contributed by atoms with Crippen LogP contribution >= 0.6 is 23.4 Å². The van der Waals surface area contributed by atoms with Gasteiger partial charge in [0.1, 0.15) is 5.75 Å². The molecular formula is C21H22ClN3O2S. The van der Waals surface area contributed by atoms with E-state index in [2.05, 4.69) is 17.1 Å². The summed E-state index contributed by atoms with van der Waals surface area (Å²) in [5, 5.41) is 9.72. The standard InChI is InChI=1S/C21H22ClN3O2S/c1-3-4-19-20(26)25(14-16-7-11-18(27-2)12-8-16)21(28-19)24-23-13-15-5-9-17(22)10-6-15/h5-13,19H,3-4,14H2,1-2H3/b23-13-,24-21+/t19-/m0/s1. The number of nitrogens with zero attached hydrogens (tertiary/aromatic N) is 3. The quantitative estimate of drug-likeness (QED) is 0.473. The van der Waals surface area contributed by atoms with E-state index in [1.165, 1.54) is 11.8 Å². The lowest BCUT2D eigenvalue weighted by Crippen LogP contribution is -2.31. The lowest BCUT2D eigenvalue weighted by atomic mass is 10.2. The number of amidine groups is 1. The summed E-state index contributed by atoms with van der Waals surface area (Å²) in [6.45, 7) is 2.54. The van der Waals surface area contributed by atoms with Gasteiger partial charge in [0.2, 0.25) is 5.91 Å². The molecule has 0 spiro atoms. The largest absolute Gasteiger partial charge is 0.497 e. The van der Waals surface area contributed by atoms with Crippen molar-refractivity contribution < 1.29 is 9.53 Å². The third-order valence-electron chi connectivity index (χ3n) is 4.29. The summed E-state index contributed by atoms with van der Waals surface area (Å²) in [6, 6.07) is 15.0. The average Bonchev–Trinajstić information content (AvgIpc) is 2.99. The van der Waals surface area contributed by atoms with Crippen LogP contribution in [0.2, 0.25) is 5.02 Å². The molecule has 2 aromatic carbocycles. The van der Waals surface area contributed by atoms with E-state index >= 15 is 0 Å². The molecule has 2 aromatic rings. The Morgan fingerprint density at radius 2 is 1.89 bits per heavy atom. The lowest BCUT2D eigenvalue weighted by molar-refractivity contribution is -0.126. The summed E-state index contributed by atoms with van der Waals surface area (Å²) in [5.74, 6) is 0.874. The number of hydrogen-bond donors (Lipinski definition) is 0. The van der Waals surface area contributed by atoms with Crippen LogP contribution in [0.15, 0.2) is 58.7 Å². The molecule has 1 heterocycles. The number of benzene rings is 2. The highest BCUT2D eigenvalue weighted by Gasteiger charge is 2.37. The number of thioether (sulfide) groups is 1. The molecule has 0 bridgehead atoms. The van der Waals surface area contributed by atoms with Gasteiger partial charge in [0, 0.05) is 5.02 Å². The molecule has 0 aromatic heterocycles. The molecule has 7 heteroatoms. The van der Waals surface area contributed by atoms with Crippen LogP contribution in [0.1, 0.15) is 30.9 Å². The lowest BCUT2D eigenvalue weighted by Gasteiger charge is -2.16. The number of carbonyl (C=O) groups excluding carboxylic acids is 1. The van der Waals surface area contributed by atoms with Crippen LogP contribution < -0.4 is 4.74 Å². The summed E-state index contributed by atoms with van der Waals surface area (Å²) >= 11 is 7.38. The Labute approximate surface area is 174 Å². The van der Waals surface area contributed by atoms with E-state index in [9.17, 15) is 4.79 Å². The van der Waals surface area contributed by atoms with E-state index in [1.807, 2.05) is 36.4 Å². The number of methoxy groups -OCH3 is 1. The van der Waals surface area contributed by atoms with E-state index < -0.39 is 0 Å². The second-order valence-corrected chi connectivity index (χ2v) is 7.95. The first-order valence-electron chi connectivity index (χ1n) is 9.08. The topological polar surface area (TPSA) is 54.3 Å². The molecule has 1 fully saturated rings. The maximum absolute atomic E-state index is 12.8. The van der Waals surface area contributed by atoms with Gasteiger partial charge in [0.25, 0.3) is 0 Å². The molecule has 0 aliphatic carbocycles. The minimum Gasteiger partial charge on any atom is -0.497 e. The van der Waals surface area contributed by atoms with E-state index in [0.29, 0.717) is 16.7 Å². The van der Waals surface area contributed by atoms with Crippen molar-refractivity contribution in [2.24, 2.45) is 10.2 Å². The number of halogens is 1. The zero-order chi connectivity index (χ0) is 19.9. The number of ether oxygens (including phenoxy) is 1. The maximum atomic E-state index is 12.8. The highest BCUT2D eigenvalue weighted by molar-refractivity contribution is 8.15. The number of rotatable bonds is 7. The molecule has 1 amide bonds. The van der Waals surface area contributed by atoms with Crippen molar-refractivity contribution in [3.05, 3.63) is 64.7 Å². The monoisotopic (exact) mass is 415 g/mol. The predicted octanol–water partition coefficient (Wildman–Crippen LogP) is 4.98. The molecular weight excluding hydrogens is 394 g/mol. The average molecular weight is 416 g/mol. The van der Waals surface area contributed by atoms with Crippen molar-refractivity contribution in [2.75, 3.05) is 7.11 Å². The Hall–Kier alpha value is -2.31. The third kappa shape index (κ3) is 5.14. The van der Waals surface area contributed by atoms with Crippen molar-refractivity contribution in [3.8, 4) is 5.75 Å². The van der Waals surface area contributed by atoms with Crippen LogP contribution in [0.25, 0.3) is 0 Å². The van der Waals surface area contributed by atoms with Gasteiger partial charge in [0.15, 0.2) is 5.17 Å². The highest BCUT2D eigenvalue weighted by atomic mass is 35.5. The van der Waals surface area contributed by atoms with Crippen LogP contribution in [0.3, 0.4) is 0 Å². The second kappa shape index (κ2) is 9.75. The molecule has 3 rings (SSSR count). The minimum atomic E-state index is -0.104. The van der Waals surface area contributed by atoms with Crippen molar-refractivity contribution in [3.63, 3.8) is 0 Å². The minimum absolute atomic E-state index is 0.0862. The van der Waals surface area contributed by atoms with Crippen LogP contribution in [0, 0.1) is 0 Å². The first-order chi connectivity index (χ1) is 13.6. The Bertz CT molecular complexity index is 866. The smallest absolute Gasteiger partial charge is 0.242 e. The first kappa shape index (κ1) is 20.4. The van der Waals surface area contributed by atoms with Crippen LogP contribution in [0.4, 0.5) is 0 Å². The zero-order valence-electron chi connectivity index (χ0n) is 15.8. The summed E-state index contributed by atoms with van der Waals surface area (Å²) in [7, 11) is 1.63. The van der Waals surface area contributed by atoms with Crippen molar-refractivity contribution in [1.82, 2.24) is 4.90 Å². The zero-order valence-corrected chi connectivity index (χ0v) is 17.4. The third-order valence-corrected chi connectivity index (χ3v) is 5.78. The van der Waals surface area contributed by atoms with Gasteiger partial charge in [-0.25, -0.2) is 0 Å².